The lowest BCUT2D eigenvalue weighted by atomic mass is 10.2. The van der Waals surface area contributed by atoms with Crippen LogP contribution >= 0.6 is 15.9 Å². The number of pyridine rings is 1. The van der Waals surface area contributed by atoms with Crippen molar-refractivity contribution < 1.29 is 0 Å². The van der Waals surface area contributed by atoms with Crippen molar-refractivity contribution in [2.75, 3.05) is 5.32 Å². The van der Waals surface area contributed by atoms with E-state index in [-0.39, 0.29) is 0 Å². The molecule has 0 spiro atoms. The van der Waals surface area contributed by atoms with Gasteiger partial charge in [-0.25, -0.2) is 4.98 Å². The Morgan fingerprint density at radius 2 is 2.12 bits per heavy atom. The highest BCUT2D eigenvalue weighted by Crippen LogP contribution is 2.24. The number of hydrogen-bond acceptors (Lipinski definition) is 3. The summed E-state index contributed by atoms with van der Waals surface area (Å²) in [5.41, 5.74) is 3.42. The number of halogens is 1. The van der Waals surface area contributed by atoms with Crippen molar-refractivity contribution >= 4 is 27.3 Å². The van der Waals surface area contributed by atoms with E-state index in [0.717, 1.165) is 21.4 Å². The molecule has 4 heteroatoms. The summed E-state index contributed by atoms with van der Waals surface area (Å²) in [7, 11) is 0. The quantitative estimate of drug-likeness (QED) is 0.915. The zero-order valence-electron chi connectivity index (χ0n) is 9.24. The second-order valence-electron chi connectivity index (χ2n) is 3.63. The molecule has 1 heterocycles. The molecule has 1 aromatic heterocycles. The molecule has 0 radical (unpaired) electrons. The largest absolute Gasteiger partial charge is 0.355 e. The van der Waals surface area contributed by atoms with Crippen molar-refractivity contribution in [2.45, 2.75) is 6.92 Å². The third-order valence-electron chi connectivity index (χ3n) is 2.35. The van der Waals surface area contributed by atoms with E-state index in [9.17, 15) is 0 Å². The van der Waals surface area contributed by atoms with Gasteiger partial charge in [-0.05, 0) is 36.8 Å². The molecular formula is C13H10BrN3. The second-order valence-corrected chi connectivity index (χ2v) is 4.54. The van der Waals surface area contributed by atoms with Crippen LogP contribution in [0.2, 0.25) is 0 Å². The SMILES string of the molecule is Cc1ccc(Br)cc1Nc1ccnc(C#N)c1. The predicted octanol–water partition coefficient (Wildman–Crippen LogP) is 3.77. The van der Waals surface area contributed by atoms with Gasteiger partial charge < -0.3 is 5.32 Å². The zero-order valence-corrected chi connectivity index (χ0v) is 10.8. The van der Waals surface area contributed by atoms with E-state index in [0.29, 0.717) is 5.69 Å². The molecule has 0 aliphatic heterocycles. The number of anilines is 2. The number of aromatic nitrogens is 1. The molecule has 1 N–H and O–H groups in total. The van der Waals surface area contributed by atoms with Gasteiger partial charge in [0.05, 0.1) is 0 Å². The molecule has 3 nitrogen and oxygen atoms in total. The van der Waals surface area contributed by atoms with E-state index in [2.05, 4.69) is 26.2 Å². The highest BCUT2D eigenvalue weighted by molar-refractivity contribution is 9.10. The lowest BCUT2D eigenvalue weighted by Crippen LogP contribution is -1.94. The molecular weight excluding hydrogens is 278 g/mol. The monoisotopic (exact) mass is 287 g/mol. The molecule has 0 saturated heterocycles. The summed E-state index contributed by atoms with van der Waals surface area (Å²) in [6.07, 6.45) is 1.62. The molecule has 0 aliphatic rings. The molecule has 17 heavy (non-hydrogen) atoms. The van der Waals surface area contributed by atoms with E-state index in [4.69, 9.17) is 5.26 Å². The maximum absolute atomic E-state index is 8.78. The Hall–Kier alpha value is -1.86. The molecule has 1 aromatic carbocycles. The Labute approximate surface area is 108 Å². The van der Waals surface area contributed by atoms with Gasteiger partial charge in [0.2, 0.25) is 0 Å². The van der Waals surface area contributed by atoms with Crippen LogP contribution in [0.3, 0.4) is 0 Å². The average Bonchev–Trinajstić information content (AvgIpc) is 2.34. The third-order valence-corrected chi connectivity index (χ3v) is 2.85. The molecule has 0 saturated carbocycles. The number of rotatable bonds is 2. The molecule has 0 amide bonds. The molecule has 0 fully saturated rings. The minimum atomic E-state index is 0.405. The maximum Gasteiger partial charge on any atom is 0.142 e. The van der Waals surface area contributed by atoms with E-state index >= 15 is 0 Å². The summed E-state index contributed by atoms with van der Waals surface area (Å²) >= 11 is 3.43. The molecule has 0 atom stereocenters. The first-order valence-electron chi connectivity index (χ1n) is 5.08. The number of nitriles is 1. The zero-order chi connectivity index (χ0) is 12.3. The Morgan fingerprint density at radius 3 is 2.88 bits per heavy atom. The Morgan fingerprint density at radius 1 is 1.29 bits per heavy atom. The molecule has 2 aromatic rings. The van der Waals surface area contributed by atoms with Gasteiger partial charge in [0.25, 0.3) is 0 Å². The van der Waals surface area contributed by atoms with Crippen LogP contribution in [0.1, 0.15) is 11.3 Å². The minimum absolute atomic E-state index is 0.405. The van der Waals surface area contributed by atoms with Crippen LogP contribution in [0.15, 0.2) is 41.0 Å². The van der Waals surface area contributed by atoms with Crippen LogP contribution in [-0.4, -0.2) is 4.98 Å². The molecule has 0 unspecified atom stereocenters. The van der Waals surface area contributed by atoms with Crippen molar-refractivity contribution in [1.82, 2.24) is 4.98 Å². The van der Waals surface area contributed by atoms with Gasteiger partial charge in [-0.15, -0.1) is 0 Å². The van der Waals surface area contributed by atoms with Gasteiger partial charge in [-0.1, -0.05) is 22.0 Å². The van der Waals surface area contributed by atoms with Gasteiger partial charge in [0.15, 0.2) is 0 Å². The van der Waals surface area contributed by atoms with Crippen LogP contribution < -0.4 is 5.32 Å². The second kappa shape index (κ2) is 4.98. The van der Waals surface area contributed by atoms with E-state index in [1.165, 1.54) is 0 Å². The summed E-state index contributed by atoms with van der Waals surface area (Å²) in [6.45, 7) is 2.03. The number of hydrogen-bond donors (Lipinski definition) is 1. The van der Waals surface area contributed by atoms with E-state index in [1.807, 2.05) is 37.3 Å². The van der Waals surface area contributed by atoms with Crippen LogP contribution in [-0.2, 0) is 0 Å². The average molecular weight is 288 g/mol. The van der Waals surface area contributed by atoms with E-state index < -0.39 is 0 Å². The summed E-state index contributed by atoms with van der Waals surface area (Å²) in [5.74, 6) is 0. The fourth-order valence-electron chi connectivity index (χ4n) is 1.45. The van der Waals surface area contributed by atoms with Crippen molar-refractivity contribution in [3.8, 4) is 6.07 Å². The smallest absolute Gasteiger partial charge is 0.142 e. The van der Waals surface area contributed by atoms with Crippen molar-refractivity contribution in [2.24, 2.45) is 0 Å². The molecule has 84 valence electrons. The Kier molecular flexibility index (Phi) is 3.40. The predicted molar refractivity (Wildman–Crippen MR) is 71.1 cm³/mol. The number of aryl methyl sites for hydroxylation is 1. The fourth-order valence-corrected chi connectivity index (χ4v) is 1.81. The maximum atomic E-state index is 8.78. The van der Waals surface area contributed by atoms with Gasteiger partial charge >= 0.3 is 0 Å². The van der Waals surface area contributed by atoms with Gasteiger partial charge in [0, 0.05) is 22.0 Å². The number of nitrogens with zero attached hydrogens (tertiary/aromatic N) is 2. The van der Waals surface area contributed by atoms with Crippen LogP contribution in [0.4, 0.5) is 11.4 Å². The van der Waals surface area contributed by atoms with Gasteiger partial charge in [-0.3, -0.25) is 0 Å². The lowest BCUT2D eigenvalue weighted by molar-refractivity contribution is 1.26. The first kappa shape index (κ1) is 11.6. The van der Waals surface area contributed by atoms with Crippen molar-refractivity contribution in [3.05, 3.63) is 52.3 Å². The summed E-state index contributed by atoms with van der Waals surface area (Å²) in [5, 5.41) is 12.0. The Balaban J connectivity index is 2.31. The van der Waals surface area contributed by atoms with Crippen LogP contribution in [0, 0.1) is 18.3 Å². The molecule has 0 bridgehead atoms. The highest BCUT2D eigenvalue weighted by Gasteiger charge is 2.01. The topological polar surface area (TPSA) is 48.7 Å². The Bertz CT molecular complexity index is 587. The molecule has 0 aliphatic carbocycles. The van der Waals surface area contributed by atoms with Gasteiger partial charge in [0.1, 0.15) is 11.8 Å². The summed E-state index contributed by atoms with van der Waals surface area (Å²) in [6, 6.07) is 11.6. The van der Waals surface area contributed by atoms with Crippen molar-refractivity contribution in [3.63, 3.8) is 0 Å². The normalized spacial score (nSPS) is 9.71. The standard InChI is InChI=1S/C13H10BrN3/c1-9-2-3-10(14)6-13(9)17-11-4-5-16-12(7-11)8-15/h2-7H,1H3,(H,16,17). The van der Waals surface area contributed by atoms with Crippen LogP contribution in [0.25, 0.3) is 0 Å². The van der Waals surface area contributed by atoms with Crippen LogP contribution in [0.5, 0.6) is 0 Å². The fraction of sp³-hybridized carbons (Fsp3) is 0.0769. The van der Waals surface area contributed by atoms with Crippen molar-refractivity contribution in [1.29, 1.82) is 5.26 Å². The first-order chi connectivity index (χ1) is 8.19. The summed E-state index contributed by atoms with van der Waals surface area (Å²) < 4.78 is 1.01. The van der Waals surface area contributed by atoms with Gasteiger partial charge in [-0.2, -0.15) is 5.26 Å². The first-order valence-corrected chi connectivity index (χ1v) is 5.87. The minimum Gasteiger partial charge on any atom is -0.355 e. The number of benzene rings is 1. The third kappa shape index (κ3) is 2.83. The molecule has 2 rings (SSSR count). The lowest BCUT2D eigenvalue weighted by Gasteiger charge is -2.09. The summed E-state index contributed by atoms with van der Waals surface area (Å²) in [4.78, 5) is 3.93. The highest BCUT2D eigenvalue weighted by atomic mass is 79.9. The number of nitrogens with one attached hydrogen (secondary N) is 1. The van der Waals surface area contributed by atoms with E-state index in [1.54, 1.807) is 12.3 Å².